The molecule has 1 aliphatic rings. The summed E-state index contributed by atoms with van der Waals surface area (Å²) >= 11 is 0. The number of hydrogen-bond donors (Lipinski definition) is 4. The van der Waals surface area contributed by atoms with E-state index in [0.29, 0.717) is 16.9 Å². The number of ether oxygens (including phenoxy) is 1. The number of aliphatic hydroxyl groups excluding tert-OH is 2. The van der Waals surface area contributed by atoms with Gasteiger partial charge in [-0.25, -0.2) is 4.79 Å². The van der Waals surface area contributed by atoms with E-state index in [2.05, 4.69) is 34.6 Å². The van der Waals surface area contributed by atoms with E-state index >= 15 is 0 Å². The highest BCUT2D eigenvalue weighted by molar-refractivity contribution is 5.79. The minimum Gasteiger partial charge on any atom is -0.449 e. The van der Waals surface area contributed by atoms with Gasteiger partial charge in [-0.15, -0.1) is 0 Å². The SMILES string of the molecule is Cc1ncc(C(O)C(O)CCNC(=O)OCC2c3ccccc3-c3ccccc32)cc1N. The number of aryl methyl sites for hydroxylation is 1. The van der Waals surface area contributed by atoms with Crippen LogP contribution in [0.3, 0.4) is 0 Å². The minimum atomic E-state index is -1.14. The molecule has 1 aromatic heterocycles. The lowest BCUT2D eigenvalue weighted by Crippen LogP contribution is -2.30. The van der Waals surface area contributed by atoms with Crippen molar-refractivity contribution in [2.24, 2.45) is 0 Å². The first-order valence-electron chi connectivity index (χ1n) is 10.6. The number of pyridine rings is 1. The summed E-state index contributed by atoms with van der Waals surface area (Å²) in [5.41, 5.74) is 12.0. The van der Waals surface area contributed by atoms with Crippen molar-refractivity contribution in [3.05, 3.63) is 83.2 Å². The monoisotopic (exact) mass is 433 g/mol. The number of nitrogens with zero attached hydrogens (tertiary/aromatic N) is 1. The number of carbonyl (C=O) groups excluding carboxylic acids is 1. The predicted molar refractivity (Wildman–Crippen MR) is 122 cm³/mol. The van der Waals surface area contributed by atoms with Gasteiger partial charge >= 0.3 is 6.09 Å². The van der Waals surface area contributed by atoms with E-state index in [0.717, 1.165) is 11.1 Å². The Labute approximate surface area is 186 Å². The summed E-state index contributed by atoms with van der Waals surface area (Å²) in [5, 5.41) is 23.2. The Kier molecular flexibility index (Phi) is 6.39. The van der Waals surface area contributed by atoms with Crippen molar-refractivity contribution in [3.8, 4) is 11.1 Å². The number of anilines is 1. The molecule has 0 radical (unpaired) electrons. The Morgan fingerprint density at radius 1 is 1.12 bits per heavy atom. The smallest absolute Gasteiger partial charge is 0.407 e. The lowest BCUT2D eigenvalue weighted by Gasteiger charge is -2.19. The van der Waals surface area contributed by atoms with Gasteiger partial charge in [0.2, 0.25) is 0 Å². The number of hydrogen-bond acceptors (Lipinski definition) is 6. The molecule has 2 aromatic carbocycles. The standard InChI is InChI=1S/C25H27N3O4/c1-15-22(26)12-16(13-28-15)24(30)23(29)10-11-27-25(31)32-14-21-19-8-4-2-6-17(19)18-7-3-5-9-20(18)21/h2-9,12-13,21,23-24,29-30H,10-11,14,26H2,1H3,(H,27,31). The number of fused-ring (bicyclic) bond motifs is 3. The highest BCUT2D eigenvalue weighted by Gasteiger charge is 2.29. The molecule has 2 unspecified atom stereocenters. The molecule has 4 rings (SSSR count). The van der Waals surface area contributed by atoms with Gasteiger partial charge in [-0.05, 0) is 41.7 Å². The number of benzene rings is 2. The van der Waals surface area contributed by atoms with Crippen molar-refractivity contribution in [2.45, 2.75) is 31.5 Å². The normalized spacial score (nSPS) is 14.3. The molecule has 7 heteroatoms. The Hall–Kier alpha value is -3.42. The molecule has 0 saturated carbocycles. The molecule has 5 N–H and O–H groups in total. The molecule has 0 spiro atoms. The van der Waals surface area contributed by atoms with Crippen LogP contribution in [0.25, 0.3) is 11.1 Å². The van der Waals surface area contributed by atoms with Gasteiger partial charge < -0.3 is 26.0 Å². The van der Waals surface area contributed by atoms with Crippen molar-refractivity contribution < 1.29 is 19.7 Å². The molecule has 1 aliphatic carbocycles. The Bertz CT molecular complexity index is 1070. The molecular formula is C25H27N3O4. The molecule has 0 bridgehead atoms. The summed E-state index contributed by atoms with van der Waals surface area (Å²) in [4.78, 5) is 16.3. The predicted octanol–water partition coefficient (Wildman–Crippen LogP) is 3.30. The quantitative estimate of drug-likeness (QED) is 0.454. The van der Waals surface area contributed by atoms with Crippen LogP contribution in [0.5, 0.6) is 0 Å². The number of nitrogens with two attached hydrogens (primary N) is 1. The average molecular weight is 434 g/mol. The van der Waals surface area contributed by atoms with Crippen molar-refractivity contribution in [3.63, 3.8) is 0 Å². The molecule has 0 aliphatic heterocycles. The number of nitrogens with one attached hydrogen (secondary N) is 1. The number of amides is 1. The van der Waals surface area contributed by atoms with E-state index in [4.69, 9.17) is 10.5 Å². The van der Waals surface area contributed by atoms with Crippen molar-refractivity contribution in [1.29, 1.82) is 0 Å². The molecule has 3 aromatic rings. The average Bonchev–Trinajstić information content (AvgIpc) is 3.12. The fraction of sp³-hybridized carbons (Fsp3) is 0.280. The number of rotatable bonds is 7. The van der Waals surface area contributed by atoms with E-state index in [1.54, 1.807) is 13.0 Å². The molecule has 0 fully saturated rings. The Morgan fingerprint density at radius 2 is 1.75 bits per heavy atom. The molecule has 2 atom stereocenters. The van der Waals surface area contributed by atoms with E-state index in [-0.39, 0.29) is 25.5 Å². The van der Waals surface area contributed by atoms with E-state index in [1.165, 1.54) is 17.3 Å². The van der Waals surface area contributed by atoms with Gasteiger partial charge in [0, 0.05) is 24.2 Å². The second kappa shape index (κ2) is 9.38. The van der Waals surface area contributed by atoms with Gasteiger partial charge in [-0.1, -0.05) is 48.5 Å². The first-order valence-corrected chi connectivity index (χ1v) is 10.6. The summed E-state index contributed by atoms with van der Waals surface area (Å²) in [6.45, 7) is 2.14. The van der Waals surface area contributed by atoms with Crippen LogP contribution in [0.2, 0.25) is 0 Å². The molecule has 166 valence electrons. The van der Waals surface area contributed by atoms with Gasteiger partial charge in [0.25, 0.3) is 0 Å². The Balaban J connectivity index is 1.28. The van der Waals surface area contributed by atoms with Crippen LogP contribution in [0.15, 0.2) is 60.8 Å². The molecule has 0 saturated heterocycles. The van der Waals surface area contributed by atoms with E-state index < -0.39 is 18.3 Å². The lowest BCUT2D eigenvalue weighted by molar-refractivity contribution is 0.0135. The summed E-state index contributed by atoms with van der Waals surface area (Å²) in [5.74, 6) is -0.0138. The second-order valence-corrected chi connectivity index (χ2v) is 8.00. The zero-order valence-corrected chi connectivity index (χ0v) is 17.9. The van der Waals surface area contributed by atoms with Gasteiger partial charge in [0.15, 0.2) is 0 Å². The van der Waals surface area contributed by atoms with E-state index in [9.17, 15) is 15.0 Å². The fourth-order valence-corrected chi connectivity index (χ4v) is 4.08. The summed E-state index contributed by atoms with van der Waals surface area (Å²) in [6.07, 6.45) is -1.14. The summed E-state index contributed by atoms with van der Waals surface area (Å²) < 4.78 is 5.47. The largest absolute Gasteiger partial charge is 0.449 e. The first kappa shape index (κ1) is 21.8. The number of alkyl carbamates (subject to hydrolysis) is 1. The fourth-order valence-electron chi connectivity index (χ4n) is 4.08. The van der Waals surface area contributed by atoms with Crippen molar-refractivity contribution in [1.82, 2.24) is 10.3 Å². The van der Waals surface area contributed by atoms with Crippen LogP contribution in [0, 0.1) is 6.92 Å². The third-order valence-electron chi connectivity index (χ3n) is 5.91. The highest BCUT2D eigenvalue weighted by Crippen LogP contribution is 2.44. The molecule has 7 nitrogen and oxygen atoms in total. The van der Waals surface area contributed by atoms with Crippen LogP contribution in [-0.4, -0.2) is 40.5 Å². The summed E-state index contributed by atoms with van der Waals surface area (Å²) in [7, 11) is 0. The first-order chi connectivity index (χ1) is 15.5. The topological polar surface area (TPSA) is 118 Å². The van der Waals surface area contributed by atoms with E-state index in [1.807, 2.05) is 24.3 Å². The number of nitrogen functional groups attached to an aromatic ring is 1. The zero-order chi connectivity index (χ0) is 22.7. The van der Waals surface area contributed by atoms with Crippen LogP contribution >= 0.6 is 0 Å². The minimum absolute atomic E-state index is 0.0138. The Morgan fingerprint density at radius 3 is 2.38 bits per heavy atom. The van der Waals surface area contributed by atoms with Crippen LogP contribution in [-0.2, 0) is 4.74 Å². The molecular weight excluding hydrogens is 406 g/mol. The number of aliphatic hydroxyl groups is 2. The van der Waals surface area contributed by atoms with Crippen LogP contribution in [0.1, 0.15) is 40.8 Å². The van der Waals surface area contributed by atoms with Crippen LogP contribution < -0.4 is 11.1 Å². The molecule has 32 heavy (non-hydrogen) atoms. The molecule has 1 heterocycles. The van der Waals surface area contributed by atoms with Gasteiger partial charge in [0.05, 0.1) is 17.5 Å². The number of carbonyl (C=O) groups is 1. The third kappa shape index (κ3) is 4.44. The third-order valence-corrected chi connectivity index (χ3v) is 5.91. The van der Waals surface area contributed by atoms with Gasteiger partial charge in [-0.2, -0.15) is 0 Å². The number of aromatic nitrogens is 1. The summed E-state index contributed by atoms with van der Waals surface area (Å²) in [6, 6.07) is 17.9. The second-order valence-electron chi connectivity index (χ2n) is 8.00. The molecule has 1 amide bonds. The highest BCUT2D eigenvalue weighted by atomic mass is 16.5. The zero-order valence-electron chi connectivity index (χ0n) is 17.9. The van der Waals surface area contributed by atoms with Crippen LogP contribution in [0.4, 0.5) is 10.5 Å². The maximum Gasteiger partial charge on any atom is 0.407 e. The van der Waals surface area contributed by atoms with Gasteiger partial charge in [-0.3, -0.25) is 4.98 Å². The van der Waals surface area contributed by atoms with Gasteiger partial charge in [0.1, 0.15) is 12.7 Å². The van der Waals surface area contributed by atoms with Crippen molar-refractivity contribution in [2.75, 3.05) is 18.9 Å². The maximum absolute atomic E-state index is 12.2. The maximum atomic E-state index is 12.2. The van der Waals surface area contributed by atoms with Crippen molar-refractivity contribution >= 4 is 11.8 Å². The lowest BCUT2D eigenvalue weighted by atomic mass is 9.98.